The Kier molecular flexibility index (Phi) is 9.06. The maximum absolute atomic E-state index is 5.17. The SMILES string of the molecule is c1ccc(-c2ccc3c(c2)c2cc(-c4ccccc4)ccc2n3-c2c(-c3ccccc3)cc(-c3nc(-c4ccncc4)nc(-c4ccncc4)n3)cc2-c2ccccc2)cc1. The average Bonchev–Trinajstić information content (AvgIpc) is 3.67. The lowest BCUT2D eigenvalue weighted by molar-refractivity contribution is 1.07. The van der Waals surface area contributed by atoms with Crippen molar-refractivity contribution in [3.8, 4) is 84.4 Å². The van der Waals surface area contributed by atoms with Gasteiger partial charge in [-0.05, 0) is 94.0 Å². The Bertz CT molecular complexity index is 3100. The maximum atomic E-state index is 5.17. The van der Waals surface area contributed by atoms with Crippen molar-refractivity contribution < 1.29 is 0 Å². The molecule has 61 heavy (non-hydrogen) atoms. The topological polar surface area (TPSA) is 69.4 Å². The lowest BCUT2D eigenvalue weighted by Crippen LogP contribution is -2.04. The molecule has 0 N–H and O–H groups in total. The van der Waals surface area contributed by atoms with E-state index in [9.17, 15) is 0 Å². The minimum absolute atomic E-state index is 0.566. The summed E-state index contributed by atoms with van der Waals surface area (Å²) >= 11 is 0. The number of hydrogen-bond donors (Lipinski definition) is 0. The molecule has 0 aliphatic rings. The molecule has 0 saturated heterocycles. The van der Waals surface area contributed by atoms with E-state index in [-0.39, 0.29) is 0 Å². The highest BCUT2D eigenvalue weighted by atomic mass is 15.0. The van der Waals surface area contributed by atoms with Crippen LogP contribution in [0.15, 0.2) is 219 Å². The Morgan fingerprint density at radius 1 is 0.279 bits per heavy atom. The Morgan fingerprint density at radius 2 is 0.639 bits per heavy atom. The average molecular weight is 781 g/mol. The van der Waals surface area contributed by atoms with Gasteiger partial charge < -0.3 is 4.57 Å². The number of pyridine rings is 2. The minimum atomic E-state index is 0.566. The Balaban J connectivity index is 1.24. The highest BCUT2D eigenvalue weighted by Crippen LogP contribution is 2.45. The molecule has 11 aromatic rings. The fourth-order valence-corrected chi connectivity index (χ4v) is 8.33. The van der Waals surface area contributed by atoms with Crippen LogP contribution >= 0.6 is 0 Å². The third-order valence-corrected chi connectivity index (χ3v) is 11.3. The summed E-state index contributed by atoms with van der Waals surface area (Å²) in [5, 5.41) is 2.36. The van der Waals surface area contributed by atoms with E-state index in [1.807, 2.05) is 24.3 Å². The van der Waals surface area contributed by atoms with Crippen LogP contribution in [0.2, 0.25) is 0 Å². The molecule has 0 spiro atoms. The predicted molar refractivity (Wildman–Crippen MR) is 248 cm³/mol. The monoisotopic (exact) mass is 780 g/mol. The molecule has 6 nitrogen and oxygen atoms in total. The van der Waals surface area contributed by atoms with Crippen molar-refractivity contribution in [3.63, 3.8) is 0 Å². The van der Waals surface area contributed by atoms with Crippen LogP contribution in [0.4, 0.5) is 0 Å². The second kappa shape index (κ2) is 15.4. The van der Waals surface area contributed by atoms with E-state index in [1.165, 1.54) is 33.0 Å². The van der Waals surface area contributed by atoms with Crippen LogP contribution < -0.4 is 0 Å². The molecule has 0 bridgehead atoms. The zero-order chi connectivity index (χ0) is 40.5. The fraction of sp³-hybridized carbons (Fsp3) is 0. The zero-order valence-corrected chi connectivity index (χ0v) is 33.0. The highest BCUT2D eigenvalue weighted by molar-refractivity contribution is 6.13. The molecule has 0 aliphatic heterocycles. The molecular weight excluding hydrogens is 745 g/mol. The first-order valence-corrected chi connectivity index (χ1v) is 20.3. The normalized spacial score (nSPS) is 11.3. The smallest absolute Gasteiger partial charge is 0.164 e. The molecule has 11 rings (SSSR count). The van der Waals surface area contributed by atoms with Gasteiger partial charge in [-0.3, -0.25) is 9.97 Å². The van der Waals surface area contributed by atoms with Crippen LogP contribution in [0.25, 0.3) is 106 Å². The van der Waals surface area contributed by atoms with Crippen LogP contribution in [0.1, 0.15) is 0 Å². The van der Waals surface area contributed by atoms with Gasteiger partial charge in [-0.2, -0.15) is 0 Å². The Morgan fingerprint density at radius 3 is 1.03 bits per heavy atom. The minimum Gasteiger partial charge on any atom is -0.308 e. The maximum Gasteiger partial charge on any atom is 0.164 e. The van der Waals surface area contributed by atoms with Crippen molar-refractivity contribution in [2.45, 2.75) is 0 Å². The van der Waals surface area contributed by atoms with Crippen molar-refractivity contribution >= 4 is 21.8 Å². The van der Waals surface area contributed by atoms with Gasteiger partial charge in [0.2, 0.25) is 0 Å². The quantitative estimate of drug-likeness (QED) is 0.154. The molecule has 0 atom stereocenters. The fourth-order valence-electron chi connectivity index (χ4n) is 8.33. The molecule has 4 aromatic heterocycles. The van der Waals surface area contributed by atoms with Crippen LogP contribution in [0.5, 0.6) is 0 Å². The molecule has 286 valence electrons. The van der Waals surface area contributed by atoms with Crippen LogP contribution in [-0.4, -0.2) is 29.5 Å². The van der Waals surface area contributed by atoms with Gasteiger partial charge >= 0.3 is 0 Å². The summed E-state index contributed by atoms with van der Waals surface area (Å²) in [4.78, 5) is 23.8. The molecule has 0 radical (unpaired) electrons. The van der Waals surface area contributed by atoms with Gasteiger partial charge in [0.25, 0.3) is 0 Å². The van der Waals surface area contributed by atoms with Gasteiger partial charge in [-0.25, -0.2) is 15.0 Å². The van der Waals surface area contributed by atoms with Crippen molar-refractivity contribution in [2.24, 2.45) is 0 Å². The summed E-state index contributed by atoms with van der Waals surface area (Å²) in [7, 11) is 0. The number of fused-ring (bicyclic) bond motifs is 3. The van der Waals surface area contributed by atoms with Crippen molar-refractivity contribution in [2.75, 3.05) is 0 Å². The van der Waals surface area contributed by atoms with Crippen LogP contribution in [0, 0.1) is 0 Å². The third kappa shape index (κ3) is 6.72. The number of rotatable bonds is 8. The van der Waals surface area contributed by atoms with Gasteiger partial charge in [-0.1, -0.05) is 133 Å². The van der Waals surface area contributed by atoms with E-state index < -0.39 is 0 Å². The number of aromatic nitrogens is 6. The Labute approximate surface area is 353 Å². The zero-order valence-electron chi connectivity index (χ0n) is 33.0. The van der Waals surface area contributed by atoms with Gasteiger partial charge in [0.05, 0.1) is 16.7 Å². The molecular formula is C55H36N6. The number of nitrogens with zero attached hydrogens (tertiary/aromatic N) is 6. The first-order chi connectivity index (χ1) is 30.2. The molecule has 0 amide bonds. The van der Waals surface area contributed by atoms with Crippen LogP contribution in [0.3, 0.4) is 0 Å². The largest absolute Gasteiger partial charge is 0.308 e. The lowest BCUT2D eigenvalue weighted by Gasteiger charge is -2.21. The first kappa shape index (κ1) is 35.8. The predicted octanol–water partition coefficient (Wildman–Crippen LogP) is 13.4. The molecule has 4 heterocycles. The summed E-state index contributed by atoms with van der Waals surface area (Å²) in [5.74, 6) is 1.70. The van der Waals surface area contributed by atoms with E-state index in [2.05, 4.69) is 184 Å². The standard InChI is InChI=1S/C55H36N6/c1-5-13-37(14-6-1)43-21-23-50-48(33-43)49-34-44(38-15-7-2-8-16-38)22-24-51(49)61(50)52-46(39-17-9-3-10-18-39)35-45(36-47(52)40-19-11-4-12-20-40)55-59-53(41-25-29-56-30-26-41)58-54(60-55)42-27-31-57-32-28-42/h1-36H. The van der Waals surface area contributed by atoms with E-state index in [4.69, 9.17) is 15.0 Å². The summed E-state index contributed by atoms with van der Waals surface area (Å²) in [5.41, 5.74) is 14.8. The van der Waals surface area contributed by atoms with E-state index in [0.29, 0.717) is 17.5 Å². The van der Waals surface area contributed by atoms with Crippen LogP contribution in [-0.2, 0) is 0 Å². The Hall–Kier alpha value is -8.35. The summed E-state index contributed by atoms with van der Waals surface area (Å²) in [6.07, 6.45) is 7.05. The van der Waals surface area contributed by atoms with Gasteiger partial charge in [0, 0.05) is 63.4 Å². The number of benzene rings is 7. The van der Waals surface area contributed by atoms with Crippen molar-refractivity contribution in [1.82, 2.24) is 29.5 Å². The molecule has 0 saturated carbocycles. The molecule has 7 aromatic carbocycles. The van der Waals surface area contributed by atoms with Gasteiger partial charge in [0.1, 0.15) is 0 Å². The summed E-state index contributed by atoms with van der Waals surface area (Å²) in [6, 6.07) is 68.5. The van der Waals surface area contributed by atoms with E-state index >= 15 is 0 Å². The second-order valence-electron chi connectivity index (χ2n) is 15.0. The summed E-state index contributed by atoms with van der Waals surface area (Å²) in [6.45, 7) is 0. The number of hydrogen-bond acceptors (Lipinski definition) is 5. The summed E-state index contributed by atoms with van der Waals surface area (Å²) < 4.78 is 2.46. The van der Waals surface area contributed by atoms with Gasteiger partial charge in [0.15, 0.2) is 17.5 Å². The molecule has 6 heteroatoms. The van der Waals surface area contributed by atoms with Gasteiger partial charge in [-0.15, -0.1) is 0 Å². The van der Waals surface area contributed by atoms with Crippen molar-refractivity contribution in [1.29, 1.82) is 0 Å². The van der Waals surface area contributed by atoms with E-state index in [0.717, 1.165) is 55.7 Å². The van der Waals surface area contributed by atoms with Crippen molar-refractivity contribution in [3.05, 3.63) is 219 Å². The second-order valence-corrected chi connectivity index (χ2v) is 15.0. The molecule has 0 aliphatic carbocycles. The first-order valence-electron chi connectivity index (χ1n) is 20.3. The highest BCUT2D eigenvalue weighted by Gasteiger charge is 2.24. The third-order valence-electron chi connectivity index (χ3n) is 11.3. The molecule has 0 fully saturated rings. The lowest BCUT2D eigenvalue weighted by atomic mass is 9.92. The molecule has 0 unspecified atom stereocenters. The van der Waals surface area contributed by atoms with E-state index in [1.54, 1.807) is 24.8 Å².